The van der Waals surface area contributed by atoms with Crippen molar-refractivity contribution >= 4 is 17.2 Å². The molecule has 0 fully saturated rings. The summed E-state index contributed by atoms with van der Waals surface area (Å²) in [5.41, 5.74) is 6.08. The third kappa shape index (κ3) is 5.19. The fourth-order valence-corrected chi connectivity index (χ4v) is 5.05. The van der Waals surface area contributed by atoms with Gasteiger partial charge < -0.3 is 14.6 Å². The van der Waals surface area contributed by atoms with Gasteiger partial charge in [-0.15, -0.1) is 11.3 Å². The summed E-state index contributed by atoms with van der Waals surface area (Å²) >= 11 is 1.62. The molecule has 0 spiro atoms. The molecule has 0 aliphatic heterocycles. The smallest absolute Gasteiger partial charge is 0.253 e. The van der Waals surface area contributed by atoms with Crippen LogP contribution < -0.4 is 5.32 Å². The highest BCUT2D eigenvalue weighted by molar-refractivity contribution is 7.13. The number of nitrogens with one attached hydrogen (secondary N) is 1. The Morgan fingerprint density at radius 1 is 1.25 bits per heavy atom. The Hall–Kier alpha value is -2.70. The van der Waals surface area contributed by atoms with E-state index in [1.54, 1.807) is 18.4 Å². The van der Waals surface area contributed by atoms with Gasteiger partial charge in [-0.05, 0) is 45.1 Å². The van der Waals surface area contributed by atoms with Crippen molar-refractivity contribution in [1.29, 1.82) is 0 Å². The summed E-state index contributed by atoms with van der Waals surface area (Å²) in [4.78, 5) is 17.9. The Morgan fingerprint density at radius 2 is 2.09 bits per heavy atom. The zero-order valence-electron chi connectivity index (χ0n) is 18.9. The van der Waals surface area contributed by atoms with Crippen LogP contribution in [0.15, 0.2) is 53.4 Å². The van der Waals surface area contributed by atoms with Crippen molar-refractivity contribution in [3.05, 3.63) is 64.7 Å². The van der Waals surface area contributed by atoms with E-state index >= 15 is 0 Å². The van der Waals surface area contributed by atoms with Crippen LogP contribution in [0.25, 0.3) is 22.0 Å². The van der Waals surface area contributed by atoms with Crippen LogP contribution in [-0.2, 0) is 11.3 Å². The Labute approximate surface area is 194 Å². The second-order valence-electron chi connectivity index (χ2n) is 8.19. The molecule has 0 unspecified atom stereocenters. The molecule has 6 heteroatoms. The molecule has 1 aliphatic rings. The standard InChI is InChI=1S/C26H31N3O2S/c1-19-22(25(30)27-14-13-20-9-5-3-6-10-20)17-24(29(19)15-16-31-2)23-18-32-26(28-23)21-11-7-4-8-12-21/h4,7-9,11-12,17-18H,3,5-6,10,13-16H2,1-2H3,(H,27,30). The molecule has 1 N–H and O–H groups in total. The molecular weight excluding hydrogens is 418 g/mol. The van der Waals surface area contributed by atoms with Crippen LogP contribution in [0.1, 0.15) is 48.2 Å². The van der Waals surface area contributed by atoms with E-state index < -0.39 is 0 Å². The number of allylic oxidation sites excluding steroid dienone is 1. The molecule has 2 heterocycles. The van der Waals surface area contributed by atoms with Crippen molar-refractivity contribution in [3.63, 3.8) is 0 Å². The molecule has 1 aromatic carbocycles. The summed E-state index contributed by atoms with van der Waals surface area (Å²) in [6.45, 7) is 3.93. The predicted octanol–water partition coefficient (Wildman–Crippen LogP) is 5.85. The van der Waals surface area contributed by atoms with E-state index in [1.807, 2.05) is 31.2 Å². The highest BCUT2D eigenvalue weighted by Crippen LogP contribution is 2.31. The summed E-state index contributed by atoms with van der Waals surface area (Å²) in [5, 5.41) is 6.17. The second-order valence-corrected chi connectivity index (χ2v) is 9.05. The largest absolute Gasteiger partial charge is 0.383 e. The highest BCUT2D eigenvalue weighted by Gasteiger charge is 2.20. The summed E-state index contributed by atoms with van der Waals surface area (Å²) in [6, 6.07) is 12.2. The fourth-order valence-electron chi connectivity index (χ4n) is 4.23. The van der Waals surface area contributed by atoms with Crippen molar-refractivity contribution in [2.75, 3.05) is 20.3 Å². The van der Waals surface area contributed by atoms with Gasteiger partial charge in [0.15, 0.2) is 0 Å². The average Bonchev–Trinajstić information content (AvgIpc) is 3.44. The fraction of sp³-hybridized carbons (Fsp3) is 0.385. The molecular formula is C26H31N3O2S. The molecule has 0 atom stereocenters. The van der Waals surface area contributed by atoms with Gasteiger partial charge in [0.1, 0.15) is 5.01 Å². The molecule has 0 radical (unpaired) electrons. The minimum atomic E-state index is -0.0187. The monoisotopic (exact) mass is 449 g/mol. The third-order valence-electron chi connectivity index (χ3n) is 6.03. The second kappa shape index (κ2) is 10.7. The number of amides is 1. The van der Waals surface area contributed by atoms with Crippen LogP contribution >= 0.6 is 11.3 Å². The van der Waals surface area contributed by atoms with E-state index in [4.69, 9.17) is 9.72 Å². The maximum atomic E-state index is 13.0. The van der Waals surface area contributed by atoms with Crippen LogP contribution in [0.5, 0.6) is 0 Å². The zero-order chi connectivity index (χ0) is 22.3. The van der Waals surface area contributed by atoms with E-state index in [2.05, 4.69) is 33.5 Å². The maximum absolute atomic E-state index is 13.0. The minimum absolute atomic E-state index is 0.0187. The average molecular weight is 450 g/mol. The summed E-state index contributed by atoms with van der Waals surface area (Å²) in [7, 11) is 1.70. The zero-order valence-corrected chi connectivity index (χ0v) is 19.7. The number of hydrogen-bond donors (Lipinski definition) is 1. The molecule has 0 saturated heterocycles. The molecule has 1 aliphatic carbocycles. The molecule has 2 aromatic heterocycles. The molecule has 168 valence electrons. The first-order chi connectivity index (χ1) is 15.7. The van der Waals surface area contributed by atoms with Gasteiger partial charge in [0.2, 0.25) is 0 Å². The number of nitrogens with zero attached hydrogens (tertiary/aromatic N) is 2. The Morgan fingerprint density at radius 3 is 2.84 bits per heavy atom. The van der Waals surface area contributed by atoms with Gasteiger partial charge in [-0.2, -0.15) is 0 Å². The van der Waals surface area contributed by atoms with E-state index in [9.17, 15) is 4.79 Å². The first-order valence-corrected chi connectivity index (χ1v) is 12.2. The van der Waals surface area contributed by atoms with E-state index in [1.165, 1.54) is 31.3 Å². The number of ether oxygens (including phenoxy) is 1. The molecule has 5 nitrogen and oxygen atoms in total. The van der Waals surface area contributed by atoms with Gasteiger partial charge >= 0.3 is 0 Å². The normalized spacial score (nSPS) is 13.8. The van der Waals surface area contributed by atoms with Crippen LogP contribution in [0.4, 0.5) is 0 Å². The van der Waals surface area contributed by atoms with Crippen LogP contribution in [0.2, 0.25) is 0 Å². The lowest BCUT2D eigenvalue weighted by Gasteiger charge is -2.13. The van der Waals surface area contributed by atoms with Gasteiger partial charge in [-0.25, -0.2) is 4.98 Å². The van der Waals surface area contributed by atoms with Gasteiger partial charge in [0.05, 0.1) is 23.6 Å². The number of hydrogen-bond acceptors (Lipinski definition) is 4. The van der Waals surface area contributed by atoms with Crippen LogP contribution in [-0.4, -0.2) is 35.7 Å². The summed E-state index contributed by atoms with van der Waals surface area (Å²) in [5.74, 6) is -0.0187. The topological polar surface area (TPSA) is 56.2 Å². The SMILES string of the molecule is COCCn1c(-c2csc(-c3ccccc3)n2)cc(C(=O)NCCC2=CCCCC2)c1C. The van der Waals surface area contributed by atoms with Crippen molar-refractivity contribution in [2.24, 2.45) is 0 Å². The van der Waals surface area contributed by atoms with Crippen LogP contribution in [0.3, 0.4) is 0 Å². The number of aromatic nitrogens is 2. The highest BCUT2D eigenvalue weighted by atomic mass is 32.1. The third-order valence-corrected chi connectivity index (χ3v) is 6.93. The molecule has 4 rings (SSSR count). The Kier molecular flexibility index (Phi) is 7.55. The number of carbonyl (C=O) groups is 1. The number of carbonyl (C=O) groups excluding carboxylic acids is 1. The minimum Gasteiger partial charge on any atom is -0.383 e. The van der Waals surface area contributed by atoms with Crippen molar-refractivity contribution in [2.45, 2.75) is 45.6 Å². The number of rotatable bonds is 9. The van der Waals surface area contributed by atoms with Gasteiger partial charge in [-0.3, -0.25) is 4.79 Å². The van der Waals surface area contributed by atoms with E-state index in [0.29, 0.717) is 25.3 Å². The quantitative estimate of drug-likeness (QED) is 0.417. The lowest BCUT2D eigenvalue weighted by atomic mass is 9.97. The number of thiazole rings is 1. The molecule has 0 saturated carbocycles. The molecule has 1 amide bonds. The molecule has 0 bridgehead atoms. The van der Waals surface area contributed by atoms with Crippen molar-refractivity contribution < 1.29 is 9.53 Å². The summed E-state index contributed by atoms with van der Waals surface area (Å²) < 4.78 is 7.47. The number of benzene rings is 1. The molecule has 32 heavy (non-hydrogen) atoms. The van der Waals surface area contributed by atoms with E-state index in [0.717, 1.165) is 34.1 Å². The van der Waals surface area contributed by atoms with Gasteiger partial charge in [-0.1, -0.05) is 42.0 Å². The molecule has 3 aromatic rings. The first kappa shape index (κ1) is 22.5. The lowest BCUT2D eigenvalue weighted by molar-refractivity contribution is 0.0953. The van der Waals surface area contributed by atoms with Crippen LogP contribution in [0, 0.1) is 6.92 Å². The maximum Gasteiger partial charge on any atom is 0.253 e. The summed E-state index contributed by atoms with van der Waals surface area (Å²) in [6.07, 6.45) is 8.17. The first-order valence-electron chi connectivity index (χ1n) is 11.3. The lowest BCUT2D eigenvalue weighted by Crippen LogP contribution is -2.25. The van der Waals surface area contributed by atoms with E-state index in [-0.39, 0.29) is 5.91 Å². The Bertz CT molecular complexity index is 1080. The van der Waals surface area contributed by atoms with Gasteiger partial charge in [0, 0.05) is 36.8 Å². The number of methoxy groups -OCH3 is 1. The van der Waals surface area contributed by atoms with Gasteiger partial charge in [0.25, 0.3) is 5.91 Å². The predicted molar refractivity (Wildman–Crippen MR) is 131 cm³/mol. The van der Waals surface area contributed by atoms with Crippen molar-refractivity contribution in [1.82, 2.24) is 14.9 Å². The Balaban J connectivity index is 1.54. The van der Waals surface area contributed by atoms with Crippen molar-refractivity contribution in [3.8, 4) is 22.0 Å².